The number of halogens is 1. The molecule has 0 radical (unpaired) electrons. The van der Waals surface area contributed by atoms with Gasteiger partial charge in [0.05, 0.1) is 13.2 Å². The van der Waals surface area contributed by atoms with E-state index in [9.17, 15) is 0 Å². The van der Waals surface area contributed by atoms with Crippen LogP contribution in [0.1, 0.15) is 12.5 Å². The first kappa shape index (κ1) is 11.3. The zero-order valence-electron chi connectivity index (χ0n) is 9.83. The van der Waals surface area contributed by atoms with E-state index in [2.05, 4.69) is 35.5 Å². The van der Waals surface area contributed by atoms with Crippen LogP contribution in [0.15, 0.2) is 34.8 Å². The summed E-state index contributed by atoms with van der Waals surface area (Å²) in [7, 11) is 0. The van der Waals surface area contributed by atoms with Crippen molar-refractivity contribution in [1.29, 1.82) is 0 Å². The molecular weight excluding hydrogens is 280 g/mol. The SMILES string of the molecule is C=C1COC[C@]2(C)Oc3ccc(Br)cc3C[C@@H]12. The van der Waals surface area contributed by atoms with Crippen LogP contribution in [0, 0.1) is 5.92 Å². The molecule has 3 rings (SSSR count). The molecule has 0 aliphatic carbocycles. The molecule has 17 heavy (non-hydrogen) atoms. The normalized spacial score (nSPS) is 31.4. The highest BCUT2D eigenvalue weighted by Crippen LogP contribution is 2.43. The van der Waals surface area contributed by atoms with Gasteiger partial charge in [0, 0.05) is 10.4 Å². The van der Waals surface area contributed by atoms with Crippen molar-refractivity contribution in [2.45, 2.75) is 18.9 Å². The van der Waals surface area contributed by atoms with Crippen molar-refractivity contribution in [2.75, 3.05) is 13.2 Å². The molecule has 1 aromatic rings. The lowest BCUT2D eigenvalue weighted by Crippen LogP contribution is -2.52. The van der Waals surface area contributed by atoms with E-state index in [-0.39, 0.29) is 5.60 Å². The third-order valence-corrected chi connectivity index (χ3v) is 4.19. The molecular formula is C14H15BrO2. The number of benzene rings is 1. The number of hydrogen-bond donors (Lipinski definition) is 0. The highest BCUT2D eigenvalue weighted by atomic mass is 79.9. The van der Waals surface area contributed by atoms with Crippen molar-refractivity contribution in [3.05, 3.63) is 40.4 Å². The Morgan fingerprint density at radius 2 is 2.29 bits per heavy atom. The van der Waals surface area contributed by atoms with Gasteiger partial charge in [0.2, 0.25) is 0 Å². The molecule has 2 heterocycles. The summed E-state index contributed by atoms with van der Waals surface area (Å²) in [6, 6.07) is 6.18. The Kier molecular flexibility index (Phi) is 2.56. The fourth-order valence-corrected chi connectivity index (χ4v) is 3.17. The average molecular weight is 295 g/mol. The quantitative estimate of drug-likeness (QED) is 0.683. The molecule has 0 amide bonds. The predicted octanol–water partition coefficient (Wildman–Crippen LogP) is 3.35. The van der Waals surface area contributed by atoms with Crippen LogP contribution in [0.4, 0.5) is 0 Å². The van der Waals surface area contributed by atoms with Crippen molar-refractivity contribution < 1.29 is 9.47 Å². The second kappa shape index (κ2) is 3.85. The molecule has 3 heteroatoms. The summed E-state index contributed by atoms with van der Waals surface area (Å²) in [5.41, 5.74) is 2.14. The van der Waals surface area contributed by atoms with Gasteiger partial charge >= 0.3 is 0 Å². The molecule has 2 nitrogen and oxygen atoms in total. The van der Waals surface area contributed by atoms with Crippen LogP contribution < -0.4 is 4.74 Å². The highest BCUT2D eigenvalue weighted by molar-refractivity contribution is 9.10. The van der Waals surface area contributed by atoms with Crippen molar-refractivity contribution in [3.8, 4) is 5.75 Å². The molecule has 1 fully saturated rings. The third-order valence-electron chi connectivity index (χ3n) is 3.70. The molecule has 2 aliphatic heterocycles. The van der Waals surface area contributed by atoms with Gasteiger partial charge in [0.25, 0.3) is 0 Å². The van der Waals surface area contributed by atoms with Crippen LogP contribution in [0.3, 0.4) is 0 Å². The fourth-order valence-electron chi connectivity index (χ4n) is 2.76. The van der Waals surface area contributed by atoms with Gasteiger partial charge in [-0.2, -0.15) is 0 Å². The van der Waals surface area contributed by atoms with E-state index in [0.717, 1.165) is 22.2 Å². The number of hydrogen-bond acceptors (Lipinski definition) is 2. The molecule has 0 N–H and O–H groups in total. The molecule has 2 atom stereocenters. The summed E-state index contributed by atoms with van der Waals surface area (Å²) >= 11 is 3.50. The van der Waals surface area contributed by atoms with Crippen molar-refractivity contribution in [1.82, 2.24) is 0 Å². The molecule has 1 aromatic carbocycles. The third kappa shape index (κ3) is 1.81. The summed E-state index contributed by atoms with van der Waals surface area (Å²) < 4.78 is 12.8. The first-order chi connectivity index (χ1) is 8.08. The highest BCUT2D eigenvalue weighted by Gasteiger charge is 2.45. The Bertz CT molecular complexity index is 483. The summed E-state index contributed by atoms with van der Waals surface area (Å²) in [5, 5.41) is 0. The van der Waals surface area contributed by atoms with E-state index in [1.54, 1.807) is 0 Å². The lowest BCUT2D eigenvalue weighted by molar-refractivity contribution is -0.0770. The van der Waals surface area contributed by atoms with Gasteiger partial charge in [-0.1, -0.05) is 22.5 Å². The van der Waals surface area contributed by atoms with Crippen LogP contribution >= 0.6 is 15.9 Å². The number of rotatable bonds is 0. The monoisotopic (exact) mass is 294 g/mol. The second-order valence-corrected chi connectivity index (χ2v) is 5.99. The maximum absolute atomic E-state index is 6.14. The zero-order chi connectivity index (χ0) is 12.0. The Hall–Kier alpha value is -0.800. The summed E-state index contributed by atoms with van der Waals surface area (Å²) in [6.07, 6.45) is 0.994. The first-order valence-corrected chi connectivity index (χ1v) is 6.61. The van der Waals surface area contributed by atoms with E-state index < -0.39 is 0 Å². The summed E-state index contributed by atoms with van der Waals surface area (Å²) in [5.74, 6) is 1.34. The fraction of sp³-hybridized carbons (Fsp3) is 0.429. The van der Waals surface area contributed by atoms with Crippen molar-refractivity contribution in [3.63, 3.8) is 0 Å². The molecule has 0 spiro atoms. The van der Waals surface area contributed by atoms with Gasteiger partial charge in [-0.3, -0.25) is 0 Å². The predicted molar refractivity (Wildman–Crippen MR) is 70.3 cm³/mol. The lowest BCUT2D eigenvalue weighted by Gasteiger charge is -2.46. The van der Waals surface area contributed by atoms with Gasteiger partial charge in [0.15, 0.2) is 0 Å². The smallest absolute Gasteiger partial charge is 0.136 e. The van der Waals surface area contributed by atoms with Crippen molar-refractivity contribution in [2.24, 2.45) is 5.92 Å². The van der Waals surface area contributed by atoms with Gasteiger partial charge in [-0.05, 0) is 42.7 Å². The van der Waals surface area contributed by atoms with Crippen LogP contribution in [-0.2, 0) is 11.2 Å². The van der Waals surface area contributed by atoms with Gasteiger partial charge in [-0.25, -0.2) is 0 Å². The molecule has 0 aromatic heterocycles. The molecule has 90 valence electrons. The average Bonchev–Trinajstić information content (AvgIpc) is 2.28. The molecule has 2 aliphatic rings. The Morgan fingerprint density at radius 1 is 1.47 bits per heavy atom. The number of ether oxygens (including phenoxy) is 2. The minimum absolute atomic E-state index is 0.254. The minimum Gasteiger partial charge on any atom is -0.484 e. The van der Waals surface area contributed by atoms with E-state index in [4.69, 9.17) is 9.47 Å². The molecule has 0 saturated carbocycles. The lowest BCUT2D eigenvalue weighted by atomic mass is 9.76. The molecule has 0 unspecified atom stereocenters. The largest absolute Gasteiger partial charge is 0.484 e. The molecule has 1 saturated heterocycles. The zero-order valence-corrected chi connectivity index (χ0v) is 11.4. The Labute approximate surface area is 110 Å². The molecule has 0 bridgehead atoms. The van der Waals surface area contributed by atoms with Crippen LogP contribution in [0.2, 0.25) is 0 Å². The van der Waals surface area contributed by atoms with Crippen LogP contribution in [-0.4, -0.2) is 18.8 Å². The van der Waals surface area contributed by atoms with Crippen LogP contribution in [0.5, 0.6) is 5.75 Å². The summed E-state index contributed by atoms with van der Waals surface area (Å²) in [6.45, 7) is 7.55. The standard InChI is InChI=1S/C14H15BrO2/c1-9-7-16-8-14(2)12(9)6-10-5-11(15)3-4-13(10)17-14/h3-5,12H,1,6-8H2,2H3/t12-,14-/m0/s1. The van der Waals surface area contributed by atoms with E-state index in [1.807, 2.05) is 12.1 Å². The maximum atomic E-state index is 6.14. The van der Waals surface area contributed by atoms with Gasteiger partial charge < -0.3 is 9.47 Å². The maximum Gasteiger partial charge on any atom is 0.136 e. The topological polar surface area (TPSA) is 18.5 Å². The van der Waals surface area contributed by atoms with E-state index in [0.29, 0.717) is 19.1 Å². The van der Waals surface area contributed by atoms with E-state index >= 15 is 0 Å². The van der Waals surface area contributed by atoms with Crippen LogP contribution in [0.25, 0.3) is 0 Å². The Morgan fingerprint density at radius 3 is 3.12 bits per heavy atom. The first-order valence-electron chi connectivity index (χ1n) is 5.81. The second-order valence-electron chi connectivity index (χ2n) is 5.07. The summed E-state index contributed by atoms with van der Waals surface area (Å²) in [4.78, 5) is 0. The van der Waals surface area contributed by atoms with E-state index in [1.165, 1.54) is 5.56 Å². The Balaban J connectivity index is 2.03. The van der Waals surface area contributed by atoms with Gasteiger partial charge in [0.1, 0.15) is 11.4 Å². The van der Waals surface area contributed by atoms with Gasteiger partial charge in [-0.15, -0.1) is 0 Å². The van der Waals surface area contributed by atoms with Crippen molar-refractivity contribution >= 4 is 15.9 Å². The minimum atomic E-state index is -0.254. The number of fused-ring (bicyclic) bond motifs is 2.